The van der Waals surface area contributed by atoms with Crippen LogP contribution in [0, 0.1) is 11.3 Å². The van der Waals surface area contributed by atoms with E-state index in [4.69, 9.17) is 10.00 Å². The first kappa shape index (κ1) is 22.4. The summed E-state index contributed by atoms with van der Waals surface area (Å²) in [5, 5.41) is 12.0. The number of amides is 2. The van der Waals surface area contributed by atoms with Crippen molar-refractivity contribution < 1.29 is 9.53 Å². The van der Waals surface area contributed by atoms with Gasteiger partial charge >= 0.3 is 6.03 Å². The summed E-state index contributed by atoms with van der Waals surface area (Å²) >= 11 is 0. The van der Waals surface area contributed by atoms with Crippen LogP contribution in [0.3, 0.4) is 0 Å². The summed E-state index contributed by atoms with van der Waals surface area (Å²) in [6.45, 7) is 0.535. The summed E-state index contributed by atoms with van der Waals surface area (Å²) in [5.74, 6) is 1.35. The Kier molecular flexibility index (Phi) is 7.26. The predicted octanol–water partition coefficient (Wildman–Crippen LogP) is 6.33. The second kappa shape index (κ2) is 10.7. The minimum atomic E-state index is -0.112. The molecule has 1 saturated carbocycles. The van der Waals surface area contributed by atoms with E-state index in [2.05, 4.69) is 41.7 Å². The number of ether oxygens (including phenoxy) is 1. The molecule has 0 atom stereocenters. The first-order valence-electron chi connectivity index (χ1n) is 11.4. The molecule has 0 bridgehead atoms. The van der Waals surface area contributed by atoms with Gasteiger partial charge in [-0.15, -0.1) is 0 Å². The van der Waals surface area contributed by atoms with E-state index in [1.165, 1.54) is 5.56 Å². The van der Waals surface area contributed by atoms with Crippen molar-refractivity contribution in [3.63, 3.8) is 0 Å². The van der Waals surface area contributed by atoms with Crippen LogP contribution in [0.4, 0.5) is 10.5 Å². The largest absolute Gasteiger partial charge is 0.497 e. The van der Waals surface area contributed by atoms with Gasteiger partial charge in [0.1, 0.15) is 5.75 Å². The third kappa shape index (κ3) is 5.72. The molecular weight excluding hydrogens is 410 g/mol. The molecule has 5 heteroatoms. The van der Waals surface area contributed by atoms with E-state index in [0.717, 1.165) is 37.0 Å². The second-order valence-electron chi connectivity index (χ2n) is 8.51. The van der Waals surface area contributed by atoms with E-state index in [9.17, 15) is 4.79 Å². The summed E-state index contributed by atoms with van der Waals surface area (Å²) < 4.78 is 5.27. The maximum Gasteiger partial charge on any atom is 0.322 e. The Hall–Kier alpha value is -3.78. The van der Waals surface area contributed by atoms with Crippen LogP contribution in [0.15, 0.2) is 78.9 Å². The Labute approximate surface area is 195 Å². The molecule has 0 aromatic heterocycles. The van der Waals surface area contributed by atoms with Gasteiger partial charge in [0.2, 0.25) is 0 Å². The van der Waals surface area contributed by atoms with Crippen LogP contribution in [-0.2, 0) is 6.54 Å². The number of nitrogens with one attached hydrogen (secondary N) is 1. The number of nitriles is 1. The van der Waals surface area contributed by atoms with Crippen LogP contribution >= 0.6 is 0 Å². The quantitative estimate of drug-likeness (QED) is 0.488. The first-order valence-corrected chi connectivity index (χ1v) is 11.4. The third-order valence-electron chi connectivity index (χ3n) is 6.45. The molecule has 0 saturated heterocycles. The highest BCUT2D eigenvalue weighted by atomic mass is 16.5. The number of anilines is 1. The van der Waals surface area contributed by atoms with Gasteiger partial charge in [-0.05, 0) is 79.1 Å². The van der Waals surface area contributed by atoms with E-state index in [-0.39, 0.29) is 12.1 Å². The van der Waals surface area contributed by atoms with Gasteiger partial charge in [-0.25, -0.2) is 4.79 Å². The van der Waals surface area contributed by atoms with Crippen LogP contribution in [-0.4, -0.2) is 24.1 Å². The molecule has 4 rings (SSSR count). The Balaban J connectivity index is 1.49. The molecule has 3 aromatic carbocycles. The number of benzene rings is 3. The summed E-state index contributed by atoms with van der Waals surface area (Å²) in [4.78, 5) is 15.3. The van der Waals surface area contributed by atoms with Gasteiger partial charge in [0.25, 0.3) is 0 Å². The van der Waals surface area contributed by atoms with Crippen molar-refractivity contribution in [3.8, 4) is 11.8 Å². The topological polar surface area (TPSA) is 65.4 Å². The van der Waals surface area contributed by atoms with E-state index >= 15 is 0 Å². The van der Waals surface area contributed by atoms with Crippen molar-refractivity contribution in [1.29, 1.82) is 5.26 Å². The predicted molar refractivity (Wildman–Crippen MR) is 130 cm³/mol. The average Bonchev–Trinajstić information content (AvgIpc) is 2.88. The van der Waals surface area contributed by atoms with Crippen molar-refractivity contribution in [3.05, 3.63) is 95.6 Å². The monoisotopic (exact) mass is 439 g/mol. The Morgan fingerprint density at radius 3 is 2.24 bits per heavy atom. The molecule has 0 aliphatic heterocycles. The molecule has 168 valence electrons. The Morgan fingerprint density at radius 1 is 0.970 bits per heavy atom. The lowest BCUT2D eigenvalue weighted by atomic mass is 9.81. The SMILES string of the molecule is COc1ccc(CN(C(=O)Nc2ccc(C#N)cc2)[C@H]2CC[C@H](c3ccccc3)CC2)cc1. The number of carbonyl (C=O) groups is 1. The molecule has 1 N–H and O–H groups in total. The first-order chi connectivity index (χ1) is 16.2. The number of hydrogen-bond donors (Lipinski definition) is 1. The molecule has 1 aliphatic rings. The van der Waals surface area contributed by atoms with Crippen LogP contribution in [0.1, 0.15) is 48.3 Å². The molecule has 33 heavy (non-hydrogen) atoms. The van der Waals surface area contributed by atoms with Gasteiger partial charge in [-0.2, -0.15) is 5.26 Å². The lowest BCUT2D eigenvalue weighted by Crippen LogP contribution is -2.44. The van der Waals surface area contributed by atoms with E-state index in [1.54, 1.807) is 31.4 Å². The van der Waals surface area contributed by atoms with Crippen molar-refractivity contribution >= 4 is 11.7 Å². The highest BCUT2D eigenvalue weighted by Gasteiger charge is 2.29. The van der Waals surface area contributed by atoms with Gasteiger partial charge in [0.15, 0.2) is 0 Å². The lowest BCUT2D eigenvalue weighted by Gasteiger charge is -2.37. The number of nitrogens with zero attached hydrogens (tertiary/aromatic N) is 2. The zero-order valence-corrected chi connectivity index (χ0v) is 18.9. The minimum Gasteiger partial charge on any atom is -0.497 e. The third-order valence-corrected chi connectivity index (χ3v) is 6.45. The smallest absolute Gasteiger partial charge is 0.322 e. The van der Waals surface area contributed by atoms with Gasteiger partial charge in [0.05, 0.1) is 18.7 Å². The summed E-state index contributed by atoms with van der Waals surface area (Å²) in [6.07, 6.45) is 4.07. The van der Waals surface area contributed by atoms with E-state index in [1.807, 2.05) is 29.2 Å². The van der Waals surface area contributed by atoms with Crippen LogP contribution < -0.4 is 10.1 Å². The highest BCUT2D eigenvalue weighted by Crippen LogP contribution is 2.35. The molecule has 0 heterocycles. The summed E-state index contributed by atoms with van der Waals surface area (Å²) in [6, 6.07) is 27.7. The Bertz CT molecular complexity index is 1080. The fourth-order valence-corrected chi connectivity index (χ4v) is 4.56. The van der Waals surface area contributed by atoms with Gasteiger partial charge in [0, 0.05) is 18.3 Å². The molecule has 0 unspecified atom stereocenters. The molecule has 1 aliphatic carbocycles. The molecule has 2 amide bonds. The zero-order chi connectivity index (χ0) is 23.0. The second-order valence-corrected chi connectivity index (χ2v) is 8.51. The van der Waals surface area contributed by atoms with Crippen molar-refractivity contribution in [1.82, 2.24) is 4.90 Å². The molecule has 5 nitrogen and oxygen atoms in total. The van der Waals surface area contributed by atoms with Crippen molar-refractivity contribution in [2.75, 3.05) is 12.4 Å². The van der Waals surface area contributed by atoms with Crippen LogP contribution in [0.2, 0.25) is 0 Å². The summed E-state index contributed by atoms with van der Waals surface area (Å²) in [5.41, 5.74) is 3.72. The zero-order valence-electron chi connectivity index (χ0n) is 18.9. The fraction of sp³-hybridized carbons (Fsp3) is 0.286. The summed E-state index contributed by atoms with van der Waals surface area (Å²) in [7, 11) is 1.65. The normalized spacial score (nSPS) is 17.6. The standard InChI is InChI=1S/C28H29N3O2/c1-33-27-17-9-22(10-18-27)20-31(28(32)30-25-13-7-21(19-29)8-14-25)26-15-11-24(12-16-26)23-5-3-2-4-6-23/h2-10,13-14,17-18,24,26H,11-12,15-16,20H2,1H3,(H,30,32)/t24-,26-. The van der Waals surface area contributed by atoms with Crippen molar-refractivity contribution in [2.45, 2.75) is 44.2 Å². The van der Waals surface area contributed by atoms with E-state index < -0.39 is 0 Å². The molecular formula is C28H29N3O2. The van der Waals surface area contributed by atoms with Gasteiger partial charge in [-0.1, -0.05) is 42.5 Å². The molecule has 0 radical (unpaired) electrons. The van der Waals surface area contributed by atoms with Gasteiger partial charge in [-0.3, -0.25) is 0 Å². The maximum atomic E-state index is 13.4. The molecule has 1 fully saturated rings. The highest BCUT2D eigenvalue weighted by molar-refractivity contribution is 5.89. The lowest BCUT2D eigenvalue weighted by molar-refractivity contribution is 0.158. The molecule has 0 spiro atoms. The minimum absolute atomic E-state index is 0.112. The molecule has 3 aromatic rings. The van der Waals surface area contributed by atoms with Crippen molar-refractivity contribution in [2.24, 2.45) is 0 Å². The van der Waals surface area contributed by atoms with Gasteiger partial charge < -0.3 is 15.0 Å². The number of methoxy groups -OCH3 is 1. The fourth-order valence-electron chi connectivity index (χ4n) is 4.56. The maximum absolute atomic E-state index is 13.4. The number of urea groups is 1. The van der Waals surface area contributed by atoms with E-state index in [0.29, 0.717) is 23.7 Å². The number of carbonyl (C=O) groups excluding carboxylic acids is 1. The average molecular weight is 440 g/mol. The van der Waals surface area contributed by atoms with Crippen LogP contribution in [0.5, 0.6) is 5.75 Å². The number of hydrogen-bond acceptors (Lipinski definition) is 3. The Morgan fingerprint density at radius 2 is 1.64 bits per heavy atom. The number of rotatable bonds is 6. The van der Waals surface area contributed by atoms with Crippen LogP contribution in [0.25, 0.3) is 0 Å².